The van der Waals surface area contributed by atoms with Gasteiger partial charge in [0.1, 0.15) is 48.4 Å². The summed E-state index contributed by atoms with van der Waals surface area (Å²) in [6, 6.07) is 5.98. The van der Waals surface area contributed by atoms with Crippen molar-refractivity contribution in [2.45, 2.75) is 144 Å². The minimum Gasteiger partial charge on any atom is -0.493 e. The largest absolute Gasteiger partial charge is 0.493 e. The van der Waals surface area contributed by atoms with Crippen LogP contribution in [0.25, 0.3) is 0 Å². The standard InChI is InChI=1S/C40H53N3O19/c1-17-27(46)29(48)30(49)38(57-17)62-31-21(41-34(50)22-15-26(45)43-40(56)42-22)13-20(35(51)52)14-23(31)59-39-33(61-37(55)19-10-6-3-7-11-19)32(28(47)25(16-44)60-39)58-24(36(53)54)12-18-8-4-2-5-9-18/h3,6-7,10-11,15,17-18,20-21,23-25,27-33,38-39,44,46-49H,2,4-5,8-9,12-14,16H2,1H3,(H,41,50)(H,51,52)(H,53,54)(H2,42,43,45,56)/t17?,20?,21?,23?,24-,25?,27?,28?,29?,30?,31?,32?,33?,38?,39?/m0/s1. The smallest absolute Gasteiger partial charge is 0.338 e. The zero-order chi connectivity index (χ0) is 44.8. The van der Waals surface area contributed by atoms with Gasteiger partial charge in [-0.2, -0.15) is 9.97 Å². The average molecular weight is 880 g/mol. The monoisotopic (exact) mass is 879 g/mol. The number of aliphatic carboxylic acids is 2. The zero-order valence-corrected chi connectivity index (χ0v) is 33.6. The van der Waals surface area contributed by atoms with Crippen molar-refractivity contribution in [1.29, 1.82) is 0 Å². The number of aromatic hydroxyl groups is 2. The average Bonchev–Trinajstić information content (AvgIpc) is 3.24. The van der Waals surface area contributed by atoms with E-state index in [-0.39, 0.29) is 24.3 Å². The van der Waals surface area contributed by atoms with Crippen molar-refractivity contribution < 1.29 is 93.6 Å². The van der Waals surface area contributed by atoms with Gasteiger partial charge in [0.25, 0.3) is 5.91 Å². The SMILES string of the molecule is CC1OC(OC2C(NC(=O)c3cc(O)nc(O)n3)CC(C(=O)O)CC2OC2OC(CO)C(O)C(O[C@@H](CC3CCCCC3)C(=O)O)C2OC(=O)c2ccccc2)C(O)C(O)C1O. The number of aromatic nitrogens is 2. The maximum absolute atomic E-state index is 13.7. The highest BCUT2D eigenvalue weighted by molar-refractivity contribution is 5.93. The summed E-state index contributed by atoms with van der Waals surface area (Å²) in [5.74, 6) is -6.97. The number of nitrogens with one attached hydrogen (secondary N) is 1. The Hall–Kier alpha value is -4.62. The van der Waals surface area contributed by atoms with E-state index in [1.165, 1.54) is 19.1 Å². The Morgan fingerprint density at radius 2 is 1.55 bits per heavy atom. The molecule has 3 heterocycles. The summed E-state index contributed by atoms with van der Waals surface area (Å²) in [7, 11) is 0. The molecule has 2 aliphatic carbocycles. The van der Waals surface area contributed by atoms with Crippen molar-refractivity contribution in [2.24, 2.45) is 11.8 Å². The number of nitrogens with zero attached hydrogens (tertiary/aromatic N) is 2. The van der Waals surface area contributed by atoms with Crippen LogP contribution >= 0.6 is 0 Å². The number of carbonyl (C=O) groups excluding carboxylic acids is 2. The van der Waals surface area contributed by atoms with Crippen molar-refractivity contribution in [1.82, 2.24) is 15.3 Å². The maximum Gasteiger partial charge on any atom is 0.338 e. The first-order valence-corrected chi connectivity index (χ1v) is 20.4. The minimum atomic E-state index is -1.92. The Labute approximate surface area is 354 Å². The fraction of sp³-hybridized carbons (Fsp3) is 0.650. The third kappa shape index (κ3) is 11.1. The molecule has 2 aromatic rings. The quantitative estimate of drug-likeness (QED) is 0.0978. The Kier molecular flexibility index (Phi) is 15.7. The molecule has 4 aliphatic rings. The Morgan fingerprint density at radius 3 is 2.19 bits per heavy atom. The van der Waals surface area contributed by atoms with Gasteiger partial charge < -0.3 is 79.7 Å². The summed E-state index contributed by atoms with van der Waals surface area (Å²) in [5, 5.41) is 97.0. The molecule has 22 nitrogen and oxygen atoms in total. The van der Waals surface area contributed by atoms with E-state index < -0.39 is 146 Å². The van der Waals surface area contributed by atoms with Crippen LogP contribution in [-0.2, 0) is 38.0 Å². The maximum atomic E-state index is 13.7. The second kappa shape index (κ2) is 20.7. The molecule has 1 aromatic carbocycles. The molecule has 0 bridgehead atoms. The fourth-order valence-electron chi connectivity index (χ4n) is 8.43. The van der Waals surface area contributed by atoms with Crippen molar-refractivity contribution in [3.8, 4) is 11.9 Å². The molecular weight excluding hydrogens is 826 g/mol. The number of benzene rings is 1. The van der Waals surface area contributed by atoms with Crippen LogP contribution in [0.1, 0.15) is 79.1 Å². The number of hydrogen-bond acceptors (Lipinski definition) is 19. The first kappa shape index (κ1) is 46.9. The molecule has 342 valence electrons. The highest BCUT2D eigenvalue weighted by atomic mass is 16.7. The van der Waals surface area contributed by atoms with Gasteiger partial charge in [0.15, 0.2) is 24.8 Å². The summed E-state index contributed by atoms with van der Waals surface area (Å²) >= 11 is 0. The molecule has 1 aromatic heterocycles. The molecule has 6 rings (SSSR count). The van der Waals surface area contributed by atoms with E-state index in [0.717, 1.165) is 38.2 Å². The molecule has 2 aliphatic heterocycles. The van der Waals surface area contributed by atoms with Crippen LogP contribution in [0.3, 0.4) is 0 Å². The van der Waals surface area contributed by atoms with Gasteiger partial charge >= 0.3 is 23.9 Å². The molecular formula is C40H53N3O19. The Bertz CT molecular complexity index is 1830. The van der Waals surface area contributed by atoms with Crippen molar-refractivity contribution >= 4 is 23.8 Å². The van der Waals surface area contributed by atoms with Gasteiger partial charge in [-0.25, -0.2) is 9.59 Å². The molecule has 1 amide bonds. The van der Waals surface area contributed by atoms with Crippen LogP contribution < -0.4 is 5.32 Å². The molecule has 2 saturated heterocycles. The zero-order valence-electron chi connectivity index (χ0n) is 33.6. The van der Waals surface area contributed by atoms with E-state index in [4.69, 9.17) is 28.4 Å². The summed E-state index contributed by atoms with van der Waals surface area (Å²) in [6.07, 6.45) is -18.3. The lowest BCUT2D eigenvalue weighted by Crippen LogP contribution is -2.65. The second-order valence-electron chi connectivity index (χ2n) is 16.1. The lowest BCUT2D eigenvalue weighted by Gasteiger charge is -2.48. The molecule has 4 fully saturated rings. The number of aliphatic hydroxyl groups excluding tert-OH is 5. The van der Waals surface area contributed by atoms with Crippen LogP contribution in [-0.4, -0.2) is 172 Å². The lowest BCUT2D eigenvalue weighted by atomic mass is 9.81. The van der Waals surface area contributed by atoms with Crippen LogP contribution in [0.15, 0.2) is 36.4 Å². The van der Waals surface area contributed by atoms with Crippen LogP contribution in [0.4, 0.5) is 0 Å². The Morgan fingerprint density at radius 1 is 0.839 bits per heavy atom. The number of hydrogen-bond donors (Lipinski definition) is 10. The normalized spacial score (nSPS) is 34.7. The van der Waals surface area contributed by atoms with E-state index in [0.29, 0.717) is 0 Å². The van der Waals surface area contributed by atoms with Crippen molar-refractivity contribution in [3.63, 3.8) is 0 Å². The second-order valence-corrected chi connectivity index (χ2v) is 16.1. The summed E-state index contributed by atoms with van der Waals surface area (Å²) in [5.41, 5.74) is -0.539. The summed E-state index contributed by atoms with van der Waals surface area (Å²) in [6.45, 7) is 0.486. The molecule has 15 atom stereocenters. The van der Waals surface area contributed by atoms with E-state index in [1.54, 1.807) is 18.2 Å². The summed E-state index contributed by atoms with van der Waals surface area (Å²) < 4.78 is 36.4. The van der Waals surface area contributed by atoms with Gasteiger partial charge in [-0.05, 0) is 44.2 Å². The van der Waals surface area contributed by atoms with Gasteiger partial charge in [0.2, 0.25) is 5.88 Å². The topological polar surface area (TPSA) is 344 Å². The molecule has 0 radical (unpaired) electrons. The first-order valence-electron chi connectivity index (χ1n) is 20.4. The van der Waals surface area contributed by atoms with E-state index in [1.807, 2.05) is 0 Å². The highest BCUT2D eigenvalue weighted by Gasteiger charge is 2.54. The number of esters is 1. The van der Waals surface area contributed by atoms with Crippen molar-refractivity contribution in [3.05, 3.63) is 47.7 Å². The molecule has 2 saturated carbocycles. The molecule has 0 spiro atoms. The highest BCUT2D eigenvalue weighted by Crippen LogP contribution is 2.38. The minimum absolute atomic E-state index is 0.0217. The fourth-order valence-corrected chi connectivity index (χ4v) is 8.43. The predicted octanol–water partition coefficient (Wildman–Crippen LogP) is -0.809. The number of carboxylic acid groups (broad SMARTS) is 2. The number of carbonyl (C=O) groups is 4. The van der Waals surface area contributed by atoms with Gasteiger partial charge in [0.05, 0.1) is 36.3 Å². The predicted molar refractivity (Wildman–Crippen MR) is 204 cm³/mol. The van der Waals surface area contributed by atoms with Gasteiger partial charge in [-0.3, -0.25) is 9.59 Å². The molecule has 10 N–H and O–H groups in total. The van der Waals surface area contributed by atoms with Crippen LogP contribution in [0.2, 0.25) is 0 Å². The third-order valence-corrected chi connectivity index (χ3v) is 11.7. The number of carboxylic acids is 2. The number of ether oxygens (including phenoxy) is 6. The molecule has 22 heteroatoms. The van der Waals surface area contributed by atoms with E-state index in [2.05, 4.69) is 15.3 Å². The third-order valence-electron chi connectivity index (χ3n) is 11.7. The van der Waals surface area contributed by atoms with E-state index >= 15 is 0 Å². The van der Waals surface area contributed by atoms with Gasteiger partial charge in [0, 0.05) is 6.07 Å². The Balaban J connectivity index is 1.39. The summed E-state index contributed by atoms with van der Waals surface area (Å²) in [4.78, 5) is 59.6. The first-order chi connectivity index (χ1) is 29.5. The van der Waals surface area contributed by atoms with Gasteiger partial charge in [-0.1, -0.05) is 50.3 Å². The van der Waals surface area contributed by atoms with Crippen LogP contribution in [0.5, 0.6) is 11.9 Å². The molecule has 62 heavy (non-hydrogen) atoms. The number of aliphatic hydroxyl groups is 5. The number of amides is 1. The van der Waals surface area contributed by atoms with Crippen LogP contribution in [0, 0.1) is 11.8 Å². The van der Waals surface area contributed by atoms with Gasteiger partial charge in [-0.15, -0.1) is 0 Å². The lowest BCUT2D eigenvalue weighted by molar-refractivity contribution is -0.347. The number of rotatable bonds is 15. The van der Waals surface area contributed by atoms with E-state index in [9.17, 15) is 65.1 Å². The van der Waals surface area contributed by atoms with Crippen molar-refractivity contribution in [2.75, 3.05) is 6.61 Å². The molecule has 14 unspecified atom stereocenters.